The van der Waals surface area contributed by atoms with Crippen LogP contribution < -0.4 is 4.74 Å². The minimum absolute atomic E-state index is 0.0288. The van der Waals surface area contributed by atoms with Crippen molar-refractivity contribution >= 4 is 0 Å². The van der Waals surface area contributed by atoms with E-state index in [1.54, 1.807) is 7.11 Å². The molecule has 2 heterocycles. The monoisotopic (exact) mass is 260 g/mol. The van der Waals surface area contributed by atoms with Gasteiger partial charge in [-0.1, -0.05) is 23.4 Å². The maximum absolute atomic E-state index is 5.53. The third-order valence-electron chi connectivity index (χ3n) is 3.23. The predicted octanol–water partition coefficient (Wildman–Crippen LogP) is 2.52. The number of nitrogens with zero attached hydrogens (tertiary/aromatic N) is 2. The molecule has 0 amide bonds. The van der Waals surface area contributed by atoms with Gasteiger partial charge in [0.05, 0.1) is 7.11 Å². The minimum Gasteiger partial charge on any atom is -0.496 e. The van der Waals surface area contributed by atoms with Gasteiger partial charge in [0.15, 0.2) is 5.82 Å². The molecule has 1 fully saturated rings. The molecule has 1 aliphatic heterocycles. The Labute approximate surface area is 111 Å². The van der Waals surface area contributed by atoms with Crippen LogP contribution in [0.2, 0.25) is 0 Å². The highest BCUT2D eigenvalue weighted by Gasteiger charge is 2.23. The fourth-order valence-corrected chi connectivity index (χ4v) is 2.26. The van der Waals surface area contributed by atoms with Crippen LogP contribution >= 0.6 is 0 Å². The Kier molecular flexibility index (Phi) is 3.46. The smallest absolute Gasteiger partial charge is 0.255 e. The lowest BCUT2D eigenvalue weighted by molar-refractivity contribution is 0.0835. The van der Waals surface area contributed by atoms with Gasteiger partial charge in [-0.2, -0.15) is 4.98 Å². The molecule has 0 N–H and O–H groups in total. The number of rotatable bonds is 4. The Morgan fingerprint density at radius 2 is 2.26 bits per heavy atom. The van der Waals surface area contributed by atoms with E-state index in [4.69, 9.17) is 14.0 Å². The molecule has 0 spiro atoms. The molecule has 0 unspecified atom stereocenters. The lowest BCUT2D eigenvalue weighted by Gasteiger charge is -2.05. The van der Waals surface area contributed by atoms with Crippen LogP contribution in [0.15, 0.2) is 28.8 Å². The highest BCUT2D eigenvalue weighted by atomic mass is 16.5. The second kappa shape index (κ2) is 5.40. The van der Waals surface area contributed by atoms with E-state index >= 15 is 0 Å². The molecule has 100 valence electrons. The lowest BCUT2D eigenvalue weighted by atomic mass is 10.1. The molecule has 5 heteroatoms. The van der Waals surface area contributed by atoms with Crippen molar-refractivity contribution < 1.29 is 14.0 Å². The van der Waals surface area contributed by atoms with Gasteiger partial charge in [-0.15, -0.1) is 0 Å². The summed E-state index contributed by atoms with van der Waals surface area (Å²) < 4.78 is 16.1. The van der Waals surface area contributed by atoms with E-state index in [0.29, 0.717) is 18.1 Å². The molecule has 1 saturated heterocycles. The number of methoxy groups -OCH3 is 1. The molecule has 0 bridgehead atoms. The fourth-order valence-electron chi connectivity index (χ4n) is 2.26. The summed E-state index contributed by atoms with van der Waals surface area (Å²) in [5.41, 5.74) is 1.05. The summed E-state index contributed by atoms with van der Waals surface area (Å²) in [6.07, 6.45) is 2.57. The summed E-state index contributed by atoms with van der Waals surface area (Å²) in [6, 6.07) is 7.84. The number of hydrogen-bond acceptors (Lipinski definition) is 5. The molecule has 1 aromatic carbocycles. The van der Waals surface area contributed by atoms with E-state index < -0.39 is 0 Å². The summed E-state index contributed by atoms with van der Waals surface area (Å²) >= 11 is 0. The standard InChI is InChI=1S/C14H16N2O3/c1-17-11-6-3-2-5-10(11)9-13-15-14(19-16-13)12-7-4-8-18-12/h2-3,5-6,12H,4,7-9H2,1H3/t12-/m0/s1. The van der Waals surface area contributed by atoms with Crippen molar-refractivity contribution in [1.82, 2.24) is 10.1 Å². The summed E-state index contributed by atoms with van der Waals surface area (Å²) in [5, 5.41) is 4.01. The number of ether oxygens (including phenoxy) is 2. The first kappa shape index (κ1) is 12.2. The van der Waals surface area contributed by atoms with Crippen LogP contribution in [0.4, 0.5) is 0 Å². The number of hydrogen-bond donors (Lipinski definition) is 0. The third-order valence-corrected chi connectivity index (χ3v) is 3.23. The Hall–Kier alpha value is -1.88. The maximum Gasteiger partial charge on any atom is 0.255 e. The molecule has 5 nitrogen and oxygen atoms in total. The molecule has 1 aromatic heterocycles. The molecule has 3 rings (SSSR count). The van der Waals surface area contributed by atoms with Crippen molar-refractivity contribution in [3.8, 4) is 5.75 Å². The molecule has 0 radical (unpaired) electrons. The molecule has 1 aliphatic rings. The van der Waals surface area contributed by atoms with Gasteiger partial charge in [-0.25, -0.2) is 0 Å². The van der Waals surface area contributed by atoms with E-state index in [1.165, 1.54) is 0 Å². The third kappa shape index (κ3) is 2.61. The van der Waals surface area contributed by atoms with Crippen LogP contribution in [0.3, 0.4) is 0 Å². The average molecular weight is 260 g/mol. The van der Waals surface area contributed by atoms with Crippen molar-refractivity contribution in [3.05, 3.63) is 41.5 Å². The van der Waals surface area contributed by atoms with Gasteiger partial charge in [0.1, 0.15) is 11.9 Å². The second-order valence-electron chi connectivity index (χ2n) is 4.54. The van der Waals surface area contributed by atoms with Gasteiger partial charge in [-0.05, 0) is 18.9 Å². The van der Waals surface area contributed by atoms with Crippen molar-refractivity contribution in [1.29, 1.82) is 0 Å². The summed E-state index contributed by atoms with van der Waals surface area (Å²) in [4.78, 5) is 4.40. The lowest BCUT2D eigenvalue weighted by Crippen LogP contribution is -1.98. The quantitative estimate of drug-likeness (QED) is 0.845. The SMILES string of the molecule is COc1ccccc1Cc1noc([C@@H]2CCCO2)n1. The first-order valence-corrected chi connectivity index (χ1v) is 6.43. The first-order chi connectivity index (χ1) is 9.36. The van der Waals surface area contributed by atoms with Crippen LogP contribution in [0.1, 0.15) is 36.2 Å². The van der Waals surface area contributed by atoms with Crippen molar-refractivity contribution in [2.24, 2.45) is 0 Å². The van der Waals surface area contributed by atoms with Gasteiger partial charge in [0, 0.05) is 18.6 Å². The average Bonchev–Trinajstić information content (AvgIpc) is 3.09. The molecular weight excluding hydrogens is 244 g/mol. The van der Waals surface area contributed by atoms with Crippen molar-refractivity contribution in [2.45, 2.75) is 25.4 Å². The van der Waals surface area contributed by atoms with E-state index in [9.17, 15) is 0 Å². The highest BCUT2D eigenvalue weighted by molar-refractivity contribution is 5.35. The number of para-hydroxylation sites is 1. The zero-order valence-electron chi connectivity index (χ0n) is 10.8. The van der Waals surface area contributed by atoms with Crippen LogP contribution in [-0.2, 0) is 11.2 Å². The maximum atomic E-state index is 5.53. The van der Waals surface area contributed by atoms with Crippen LogP contribution in [-0.4, -0.2) is 23.9 Å². The van der Waals surface area contributed by atoms with Crippen molar-refractivity contribution in [3.63, 3.8) is 0 Å². The van der Waals surface area contributed by atoms with Gasteiger partial charge < -0.3 is 14.0 Å². The number of aromatic nitrogens is 2. The van der Waals surface area contributed by atoms with E-state index in [1.807, 2.05) is 24.3 Å². The molecule has 0 aliphatic carbocycles. The largest absolute Gasteiger partial charge is 0.496 e. The summed E-state index contributed by atoms with van der Waals surface area (Å²) in [6.45, 7) is 0.773. The zero-order chi connectivity index (χ0) is 13.1. The molecular formula is C14H16N2O3. The van der Waals surface area contributed by atoms with Gasteiger partial charge in [0.2, 0.25) is 0 Å². The summed E-state index contributed by atoms with van der Waals surface area (Å²) in [7, 11) is 1.66. The second-order valence-corrected chi connectivity index (χ2v) is 4.54. The normalized spacial score (nSPS) is 18.7. The Morgan fingerprint density at radius 1 is 1.37 bits per heavy atom. The van der Waals surface area contributed by atoms with Gasteiger partial charge >= 0.3 is 0 Å². The summed E-state index contributed by atoms with van der Waals surface area (Å²) in [5.74, 6) is 2.09. The fraction of sp³-hybridized carbons (Fsp3) is 0.429. The minimum atomic E-state index is -0.0288. The molecule has 1 atom stereocenters. The molecule has 0 saturated carbocycles. The van der Waals surface area contributed by atoms with Gasteiger partial charge in [-0.3, -0.25) is 0 Å². The van der Waals surface area contributed by atoms with E-state index in [0.717, 1.165) is 30.8 Å². The van der Waals surface area contributed by atoms with Crippen molar-refractivity contribution in [2.75, 3.05) is 13.7 Å². The van der Waals surface area contributed by atoms with Crippen LogP contribution in [0.5, 0.6) is 5.75 Å². The van der Waals surface area contributed by atoms with E-state index in [-0.39, 0.29) is 6.10 Å². The Bertz CT molecular complexity index is 547. The Morgan fingerprint density at radius 3 is 3.05 bits per heavy atom. The first-order valence-electron chi connectivity index (χ1n) is 6.43. The van der Waals surface area contributed by atoms with Crippen LogP contribution in [0.25, 0.3) is 0 Å². The van der Waals surface area contributed by atoms with Crippen LogP contribution in [0, 0.1) is 0 Å². The topological polar surface area (TPSA) is 57.4 Å². The highest BCUT2D eigenvalue weighted by Crippen LogP contribution is 2.27. The molecule has 19 heavy (non-hydrogen) atoms. The predicted molar refractivity (Wildman–Crippen MR) is 68.0 cm³/mol. The number of benzene rings is 1. The Balaban J connectivity index is 1.76. The molecule has 2 aromatic rings. The van der Waals surface area contributed by atoms with Gasteiger partial charge in [0.25, 0.3) is 5.89 Å². The van der Waals surface area contributed by atoms with E-state index in [2.05, 4.69) is 10.1 Å². The zero-order valence-corrected chi connectivity index (χ0v) is 10.8.